The Morgan fingerprint density at radius 3 is 1.21 bits per heavy atom. The average Bonchev–Trinajstić information content (AvgIpc) is 1.52. The van der Waals surface area contributed by atoms with Crippen LogP contribution in [0.5, 0.6) is 0 Å². The summed E-state index contributed by atoms with van der Waals surface area (Å²) in [5.41, 5.74) is 0. The minimum atomic E-state index is -1.62. The third kappa shape index (κ3) is 50.2. The number of esters is 1. The van der Waals surface area contributed by atoms with Gasteiger partial charge in [-0.1, -0.05) is 298 Å². The monoisotopic (exact) mass is 1220 g/mol. The molecule has 87 heavy (non-hydrogen) atoms. The van der Waals surface area contributed by atoms with Crippen LogP contribution in [0.25, 0.3) is 0 Å². The standard InChI is InChI=1S/C76H135NO10/c1-4-7-10-13-16-19-22-25-27-29-31-32-33-34-35-36-37-39-40-42-45-48-51-54-57-60-63-69(80)75(84)77-67(68(79)62-59-56-53-50-47-44-24-21-18-15-12-9-6-3)66-85-76-74(73(83)72(82)70(65-78)86-76)87-71(81)64-61-58-55-52-49-46-43-41-38-30-28-26-23-20-17-14-11-8-5-2/h16-17,19-20,25-28,31-32,34-35,59,62,67-70,72-74,76,78-80,82-83H,4-15,18,21-24,29-30,33,36-58,60-61,63-66H2,1-3H3,(H,77,84)/b19-16-,20-17-,27-25-,28-26-,32-31-,35-34-,62-59+. The second kappa shape index (κ2) is 63.0. The fourth-order valence-electron chi connectivity index (χ4n) is 11.0. The summed E-state index contributed by atoms with van der Waals surface area (Å²) in [6.45, 7) is 5.77. The number of aliphatic hydroxyl groups is 5. The second-order valence-corrected chi connectivity index (χ2v) is 25.0. The summed E-state index contributed by atoms with van der Waals surface area (Å²) in [6.07, 6.45) is 73.3. The summed E-state index contributed by atoms with van der Waals surface area (Å²) in [5, 5.41) is 57.3. The molecule has 0 aromatic rings. The minimum absolute atomic E-state index is 0.117. The number of carbonyl (C=O) groups is 2. The molecule has 1 heterocycles. The van der Waals surface area contributed by atoms with Gasteiger partial charge in [0.15, 0.2) is 12.4 Å². The lowest BCUT2D eigenvalue weighted by Gasteiger charge is -2.41. The number of ether oxygens (including phenoxy) is 3. The van der Waals surface area contributed by atoms with Gasteiger partial charge in [0.2, 0.25) is 5.91 Å². The SMILES string of the molecule is CCCCC/C=C\C/C=C\C/C=C\C/C=C\CCCCCCCCCCCCC(O)C(=O)NC(COC1OC(CO)C(O)C(O)C1OC(=O)CCCCCCCCCCC/C=C\C/C=C\CCCCC)C(O)/C=C/CCCCCCCCCCCCC. The summed E-state index contributed by atoms with van der Waals surface area (Å²) >= 11 is 0. The largest absolute Gasteiger partial charge is 0.454 e. The molecule has 0 bridgehead atoms. The number of nitrogens with one attached hydrogen (secondary N) is 1. The van der Waals surface area contributed by atoms with E-state index in [1.807, 2.05) is 6.08 Å². The number of amides is 1. The Labute approximate surface area is 533 Å². The van der Waals surface area contributed by atoms with Crippen LogP contribution in [0.1, 0.15) is 323 Å². The minimum Gasteiger partial charge on any atom is -0.454 e. The first-order chi connectivity index (χ1) is 42.7. The first-order valence-corrected chi connectivity index (χ1v) is 36.4. The van der Waals surface area contributed by atoms with E-state index in [1.54, 1.807) is 6.08 Å². The Morgan fingerprint density at radius 2 is 0.793 bits per heavy atom. The van der Waals surface area contributed by atoms with E-state index in [2.05, 4.69) is 99.0 Å². The highest BCUT2D eigenvalue weighted by molar-refractivity contribution is 5.80. The van der Waals surface area contributed by atoms with Crippen molar-refractivity contribution in [1.29, 1.82) is 0 Å². The van der Waals surface area contributed by atoms with Crippen molar-refractivity contribution in [1.82, 2.24) is 5.32 Å². The van der Waals surface area contributed by atoms with E-state index in [0.29, 0.717) is 12.8 Å². The zero-order valence-electron chi connectivity index (χ0n) is 56.1. The molecule has 1 rings (SSSR count). The zero-order valence-corrected chi connectivity index (χ0v) is 56.1. The lowest BCUT2D eigenvalue weighted by atomic mass is 9.99. The van der Waals surface area contributed by atoms with Gasteiger partial charge in [-0.05, 0) is 103 Å². The summed E-state index contributed by atoms with van der Waals surface area (Å²) in [5.74, 6) is -1.20. The summed E-state index contributed by atoms with van der Waals surface area (Å²) in [4.78, 5) is 26.7. The van der Waals surface area contributed by atoms with Gasteiger partial charge in [0, 0.05) is 6.42 Å². The Bertz CT molecular complexity index is 1740. The number of rotatable bonds is 62. The predicted octanol–water partition coefficient (Wildman–Crippen LogP) is 18.8. The quantitative estimate of drug-likeness (QED) is 0.0195. The van der Waals surface area contributed by atoms with Gasteiger partial charge in [-0.15, -0.1) is 0 Å². The highest BCUT2D eigenvalue weighted by Gasteiger charge is 2.47. The van der Waals surface area contributed by atoms with Gasteiger partial charge in [-0.2, -0.15) is 0 Å². The first kappa shape index (κ1) is 81.9. The van der Waals surface area contributed by atoms with Gasteiger partial charge in [-0.3, -0.25) is 9.59 Å². The van der Waals surface area contributed by atoms with Crippen LogP contribution in [0.3, 0.4) is 0 Å². The Kier molecular flexibility index (Phi) is 59.3. The van der Waals surface area contributed by atoms with Gasteiger partial charge in [0.25, 0.3) is 0 Å². The lowest BCUT2D eigenvalue weighted by molar-refractivity contribution is -0.305. The lowest BCUT2D eigenvalue weighted by Crippen LogP contribution is -2.61. The van der Waals surface area contributed by atoms with E-state index in [0.717, 1.165) is 103 Å². The zero-order chi connectivity index (χ0) is 63.1. The third-order valence-electron chi connectivity index (χ3n) is 16.8. The maximum absolute atomic E-state index is 13.5. The number of allylic oxidation sites excluding steroid dienone is 13. The van der Waals surface area contributed by atoms with E-state index in [1.165, 1.54) is 173 Å². The normalized spacial score (nSPS) is 18.7. The van der Waals surface area contributed by atoms with Crippen LogP contribution >= 0.6 is 0 Å². The number of aliphatic hydroxyl groups excluding tert-OH is 5. The molecule has 8 atom stereocenters. The van der Waals surface area contributed by atoms with Crippen LogP contribution in [0.2, 0.25) is 0 Å². The highest BCUT2D eigenvalue weighted by Crippen LogP contribution is 2.26. The molecule has 1 aliphatic heterocycles. The van der Waals surface area contributed by atoms with Crippen molar-refractivity contribution in [3.63, 3.8) is 0 Å². The van der Waals surface area contributed by atoms with Crippen molar-refractivity contribution in [3.8, 4) is 0 Å². The summed E-state index contributed by atoms with van der Waals surface area (Å²) < 4.78 is 17.7. The van der Waals surface area contributed by atoms with Gasteiger partial charge in [-0.25, -0.2) is 0 Å². The van der Waals surface area contributed by atoms with Crippen molar-refractivity contribution in [2.24, 2.45) is 0 Å². The van der Waals surface area contributed by atoms with Crippen molar-refractivity contribution in [2.45, 2.75) is 372 Å². The van der Waals surface area contributed by atoms with Gasteiger partial charge >= 0.3 is 5.97 Å². The van der Waals surface area contributed by atoms with Crippen molar-refractivity contribution < 1.29 is 49.3 Å². The van der Waals surface area contributed by atoms with Crippen molar-refractivity contribution in [2.75, 3.05) is 13.2 Å². The van der Waals surface area contributed by atoms with E-state index in [4.69, 9.17) is 14.2 Å². The van der Waals surface area contributed by atoms with Crippen molar-refractivity contribution in [3.05, 3.63) is 85.1 Å². The molecule has 11 nitrogen and oxygen atoms in total. The molecule has 0 saturated carbocycles. The molecule has 0 aliphatic carbocycles. The van der Waals surface area contributed by atoms with Gasteiger partial charge < -0.3 is 45.1 Å². The number of hydrogen-bond acceptors (Lipinski definition) is 10. The molecule has 1 aliphatic rings. The number of unbranched alkanes of at least 4 members (excludes halogenated alkanes) is 36. The van der Waals surface area contributed by atoms with Gasteiger partial charge in [0.1, 0.15) is 24.4 Å². The fraction of sp³-hybridized carbons (Fsp3) is 0.789. The van der Waals surface area contributed by atoms with Crippen LogP contribution in [0.15, 0.2) is 85.1 Å². The maximum atomic E-state index is 13.5. The third-order valence-corrected chi connectivity index (χ3v) is 16.8. The molecule has 6 N–H and O–H groups in total. The molecular weight excluding hydrogens is 1090 g/mol. The van der Waals surface area contributed by atoms with Crippen LogP contribution in [-0.4, -0.2) is 99.6 Å². The summed E-state index contributed by atoms with van der Waals surface area (Å²) in [6, 6.07) is -1.03. The molecule has 504 valence electrons. The Morgan fingerprint density at radius 1 is 0.448 bits per heavy atom. The average molecular weight is 1220 g/mol. The topological polar surface area (TPSA) is 175 Å². The fourth-order valence-corrected chi connectivity index (χ4v) is 11.0. The molecule has 11 heteroatoms. The second-order valence-electron chi connectivity index (χ2n) is 25.0. The van der Waals surface area contributed by atoms with Crippen LogP contribution in [-0.2, 0) is 23.8 Å². The van der Waals surface area contributed by atoms with E-state index >= 15 is 0 Å². The molecule has 1 saturated heterocycles. The van der Waals surface area contributed by atoms with Crippen LogP contribution < -0.4 is 5.32 Å². The van der Waals surface area contributed by atoms with Crippen molar-refractivity contribution >= 4 is 11.9 Å². The van der Waals surface area contributed by atoms with E-state index in [9.17, 15) is 35.1 Å². The first-order valence-electron chi connectivity index (χ1n) is 36.4. The maximum Gasteiger partial charge on any atom is 0.306 e. The molecule has 8 unspecified atom stereocenters. The molecule has 1 fully saturated rings. The molecule has 0 aromatic carbocycles. The van der Waals surface area contributed by atoms with E-state index in [-0.39, 0.29) is 19.4 Å². The number of carbonyl (C=O) groups excluding carboxylic acids is 2. The van der Waals surface area contributed by atoms with Crippen LogP contribution in [0.4, 0.5) is 0 Å². The summed E-state index contributed by atoms with van der Waals surface area (Å²) in [7, 11) is 0. The Balaban J connectivity index is 2.58. The molecule has 0 radical (unpaired) electrons. The number of hydrogen-bond donors (Lipinski definition) is 6. The van der Waals surface area contributed by atoms with E-state index < -0.39 is 67.4 Å². The predicted molar refractivity (Wildman–Crippen MR) is 366 cm³/mol. The molecule has 1 amide bonds. The molecular formula is C76H135NO10. The van der Waals surface area contributed by atoms with Crippen LogP contribution in [0, 0.1) is 0 Å². The molecule has 0 spiro atoms. The molecule has 0 aromatic heterocycles. The highest BCUT2D eigenvalue weighted by atomic mass is 16.7. The Hall–Kier alpha value is -3.16. The smallest absolute Gasteiger partial charge is 0.306 e. The van der Waals surface area contributed by atoms with Gasteiger partial charge in [0.05, 0.1) is 25.4 Å².